The molecule has 0 amide bonds. The number of fused-ring (bicyclic) bond motifs is 8. The molecule has 0 aliphatic carbocycles. The molecule has 8 aromatic rings. The van der Waals surface area contributed by atoms with Crippen molar-refractivity contribution < 1.29 is 4.42 Å². The summed E-state index contributed by atoms with van der Waals surface area (Å²) in [7, 11) is 0. The summed E-state index contributed by atoms with van der Waals surface area (Å²) >= 11 is 0. The van der Waals surface area contributed by atoms with Crippen molar-refractivity contribution in [3.05, 3.63) is 151 Å². The Balaban J connectivity index is 1.22. The summed E-state index contributed by atoms with van der Waals surface area (Å²) in [6.07, 6.45) is -0.178. The zero-order valence-electron chi connectivity index (χ0n) is 22.8. The summed E-state index contributed by atoms with van der Waals surface area (Å²) in [4.78, 5) is 0. The number of nitrogens with zero attached hydrogens (tertiary/aromatic N) is 1. The molecule has 9 rings (SSSR count). The minimum Gasteiger partial charge on any atom is -0.455 e. The number of hydrogen-bond donors (Lipinski definition) is 2. The Morgan fingerprint density at radius 1 is 0.548 bits per heavy atom. The van der Waals surface area contributed by atoms with E-state index >= 15 is 0 Å². The van der Waals surface area contributed by atoms with Gasteiger partial charge in [0, 0.05) is 21.8 Å². The molecule has 4 heteroatoms. The molecule has 1 aliphatic heterocycles. The van der Waals surface area contributed by atoms with Crippen LogP contribution < -0.4 is 10.6 Å². The van der Waals surface area contributed by atoms with Gasteiger partial charge in [-0.1, -0.05) is 109 Å². The van der Waals surface area contributed by atoms with Crippen LogP contribution >= 0.6 is 0 Å². The van der Waals surface area contributed by atoms with Gasteiger partial charge in [0.25, 0.3) is 0 Å². The zero-order valence-corrected chi connectivity index (χ0v) is 22.8. The smallest absolute Gasteiger partial charge is 0.160 e. The van der Waals surface area contributed by atoms with Crippen molar-refractivity contribution in [1.82, 2.24) is 9.88 Å². The lowest BCUT2D eigenvalue weighted by atomic mass is 9.93. The molecule has 0 radical (unpaired) electrons. The Hall–Kier alpha value is -5.32. The molecule has 0 fully saturated rings. The summed E-state index contributed by atoms with van der Waals surface area (Å²) in [5.74, 6) is 0. The molecule has 0 bridgehead atoms. The second kappa shape index (κ2) is 9.10. The first kappa shape index (κ1) is 23.4. The van der Waals surface area contributed by atoms with Crippen molar-refractivity contribution in [2.45, 2.75) is 12.3 Å². The Bertz CT molecular complexity index is 2260. The summed E-state index contributed by atoms with van der Waals surface area (Å²) in [5, 5.41) is 12.4. The van der Waals surface area contributed by atoms with Crippen molar-refractivity contribution in [3.63, 3.8) is 0 Å². The largest absolute Gasteiger partial charge is 0.455 e. The summed E-state index contributed by atoms with van der Waals surface area (Å²) in [5.41, 5.74) is 10.2. The van der Waals surface area contributed by atoms with Gasteiger partial charge in [-0.2, -0.15) is 0 Å². The molecule has 200 valence electrons. The van der Waals surface area contributed by atoms with Crippen LogP contribution in [0.15, 0.2) is 144 Å². The van der Waals surface area contributed by atoms with Crippen LogP contribution in [0.5, 0.6) is 0 Å². The predicted molar refractivity (Wildman–Crippen MR) is 173 cm³/mol. The lowest BCUT2D eigenvalue weighted by Crippen LogP contribution is -2.40. The highest BCUT2D eigenvalue weighted by molar-refractivity contribution is 6.23. The fraction of sp³-hybridized carbons (Fsp3) is 0.0526. The molecule has 0 saturated heterocycles. The monoisotopic (exact) mass is 541 g/mol. The van der Waals surface area contributed by atoms with Crippen molar-refractivity contribution in [1.29, 1.82) is 0 Å². The maximum Gasteiger partial charge on any atom is 0.160 e. The first-order valence-corrected chi connectivity index (χ1v) is 14.4. The van der Waals surface area contributed by atoms with Crippen LogP contribution in [-0.4, -0.2) is 4.57 Å². The second-order valence-electron chi connectivity index (χ2n) is 11.0. The molecule has 1 aliphatic rings. The molecule has 3 heterocycles. The molecule has 6 aromatic carbocycles. The van der Waals surface area contributed by atoms with Gasteiger partial charge in [0.05, 0.1) is 22.5 Å². The first-order chi connectivity index (χ1) is 20.8. The third-order valence-electron chi connectivity index (χ3n) is 8.72. The minimum absolute atomic E-state index is 0.0171. The number of rotatable bonds is 3. The van der Waals surface area contributed by atoms with Gasteiger partial charge < -0.3 is 14.3 Å². The van der Waals surface area contributed by atoms with Crippen molar-refractivity contribution in [2.24, 2.45) is 0 Å². The van der Waals surface area contributed by atoms with Gasteiger partial charge in [-0.15, -0.1) is 0 Å². The van der Waals surface area contributed by atoms with Gasteiger partial charge in [-0.25, -0.2) is 0 Å². The van der Waals surface area contributed by atoms with E-state index < -0.39 is 0 Å². The maximum absolute atomic E-state index is 6.51. The van der Waals surface area contributed by atoms with Crippen LogP contribution in [0.25, 0.3) is 54.9 Å². The predicted octanol–water partition coefficient (Wildman–Crippen LogP) is 9.62. The van der Waals surface area contributed by atoms with E-state index in [1.54, 1.807) is 0 Å². The molecule has 2 aromatic heterocycles. The van der Waals surface area contributed by atoms with E-state index in [-0.39, 0.29) is 12.3 Å². The Kier molecular flexibility index (Phi) is 5.07. The van der Waals surface area contributed by atoms with E-state index in [9.17, 15) is 0 Å². The van der Waals surface area contributed by atoms with E-state index in [0.717, 1.165) is 44.0 Å². The van der Waals surface area contributed by atoms with Crippen molar-refractivity contribution in [2.75, 3.05) is 5.32 Å². The highest BCUT2D eigenvalue weighted by atomic mass is 16.3. The van der Waals surface area contributed by atoms with Crippen molar-refractivity contribution in [3.8, 4) is 11.1 Å². The number of benzene rings is 6. The number of aromatic nitrogens is 1. The number of anilines is 1. The summed E-state index contributed by atoms with van der Waals surface area (Å²) < 4.78 is 8.90. The highest BCUT2D eigenvalue weighted by Crippen LogP contribution is 2.42. The number of nitrogens with one attached hydrogen (secondary N) is 2. The van der Waals surface area contributed by atoms with Gasteiger partial charge in [-0.3, -0.25) is 5.32 Å². The van der Waals surface area contributed by atoms with Gasteiger partial charge in [0.15, 0.2) is 6.29 Å². The van der Waals surface area contributed by atoms with E-state index in [1.807, 2.05) is 6.07 Å². The third-order valence-corrected chi connectivity index (χ3v) is 8.72. The third kappa shape index (κ3) is 3.46. The average molecular weight is 542 g/mol. The van der Waals surface area contributed by atoms with Crippen LogP contribution in [0.1, 0.15) is 23.5 Å². The lowest BCUT2D eigenvalue weighted by Gasteiger charge is -2.36. The summed E-state index contributed by atoms with van der Waals surface area (Å²) in [6, 6.07) is 49.5. The Morgan fingerprint density at radius 2 is 1.26 bits per heavy atom. The van der Waals surface area contributed by atoms with E-state index in [0.29, 0.717) is 0 Å². The molecular formula is C38H27N3O. The van der Waals surface area contributed by atoms with Gasteiger partial charge >= 0.3 is 0 Å². The standard InChI is InChI=1S/C38H27N3O/c1-2-10-24(11-3-1)25-18-20-26(21-19-25)36-29-13-4-7-15-31(29)39-38(40-36)41-32-16-8-5-14-30(32)35-33(41)23-22-28-27-12-6-9-17-34(27)42-37(28)35/h1-23,36,38-40H. The van der Waals surface area contributed by atoms with Gasteiger partial charge in [0.2, 0.25) is 0 Å². The topological polar surface area (TPSA) is 42.1 Å². The maximum atomic E-state index is 6.51. The minimum atomic E-state index is -0.178. The van der Waals surface area contributed by atoms with E-state index in [1.165, 1.54) is 27.6 Å². The Labute approximate surface area is 242 Å². The van der Waals surface area contributed by atoms with Crippen LogP contribution in [0.3, 0.4) is 0 Å². The quantitative estimate of drug-likeness (QED) is 0.234. The fourth-order valence-corrected chi connectivity index (χ4v) is 6.77. The van der Waals surface area contributed by atoms with E-state index in [4.69, 9.17) is 4.42 Å². The number of para-hydroxylation sites is 3. The number of furan rings is 1. The average Bonchev–Trinajstić information content (AvgIpc) is 3.60. The lowest BCUT2D eigenvalue weighted by molar-refractivity contribution is 0.417. The normalized spacial score (nSPS) is 16.7. The number of hydrogen-bond acceptors (Lipinski definition) is 3. The van der Waals surface area contributed by atoms with Crippen LogP contribution in [0, 0.1) is 0 Å². The molecule has 0 saturated carbocycles. The molecule has 0 spiro atoms. The second-order valence-corrected chi connectivity index (χ2v) is 11.0. The highest BCUT2D eigenvalue weighted by Gasteiger charge is 2.30. The van der Waals surface area contributed by atoms with Gasteiger partial charge in [0.1, 0.15) is 11.2 Å². The van der Waals surface area contributed by atoms with Crippen LogP contribution in [0.4, 0.5) is 5.69 Å². The fourth-order valence-electron chi connectivity index (χ4n) is 6.77. The molecular weight excluding hydrogens is 514 g/mol. The SMILES string of the molecule is c1ccc(-c2ccc(C3NC(n4c5ccccc5c5c6oc7ccccc7c6ccc54)Nc4ccccc43)cc2)cc1. The molecule has 2 N–H and O–H groups in total. The molecule has 42 heavy (non-hydrogen) atoms. The van der Waals surface area contributed by atoms with Gasteiger partial charge in [-0.05, 0) is 52.6 Å². The first-order valence-electron chi connectivity index (χ1n) is 14.4. The summed E-state index contributed by atoms with van der Waals surface area (Å²) in [6.45, 7) is 0. The molecule has 4 nitrogen and oxygen atoms in total. The van der Waals surface area contributed by atoms with E-state index in [2.05, 4.69) is 149 Å². The molecule has 2 atom stereocenters. The van der Waals surface area contributed by atoms with Crippen LogP contribution in [0.2, 0.25) is 0 Å². The van der Waals surface area contributed by atoms with Crippen molar-refractivity contribution >= 4 is 49.4 Å². The zero-order chi connectivity index (χ0) is 27.6. The Morgan fingerprint density at radius 3 is 2.14 bits per heavy atom. The van der Waals surface area contributed by atoms with Crippen LogP contribution in [-0.2, 0) is 0 Å². The molecule has 2 unspecified atom stereocenters.